The van der Waals surface area contributed by atoms with Crippen LogP contribution >= 0.6 is 22.6 Å². The van der Waals surface area contributed by atoms with Crippen molar-refractivity contribution in [2.75, 3.05) is 7.11 Å². The molecule has 0 spiro atoms. The van der Waals surface area contributed by atoms with E-state index in [0.717, 1.165) is 3.57 Å². The van der Waals surface area contributed by atoms with Crippen molar-refractivity contribution in [3.05, 3.63) is 63.2 Å². The quantitative estimate of drug-likeness (QED) is 0.602. The molecule has 0 aliphatic carbocycles. The normalized spacial score (nSPS) is 11.4. The molecule has 1 atom stereocenters. The number of rotatable bonds is 4. The van der Waals surface area contributed by atoms with Gasteiger partial charge < -0.3 is 4.74 Å². The molecule has 0 aromatic heterocycles. The SMILES string of the molecule is COc1cccc(C(C#N)C(=O)c2ccc(I)cc2)c1. The summed E-state index contributed by atoms with van der Waals surface area (Å²) in [5.74, 6) is -0.375. The summed E-state index contributed by atoms with van der Waals surface area (Å²) in [5.41, 5.74) is 1.19. The number of hydrogen-bond donors (Lipinski definition) is 0. The lowest BCUT2D eigenvalue weighted by Crippen LogP contribution is -2.11. The molecular formula is C16H12INO2. The number of nitrogens with zero attached hydrogens (tertiary/aromatic N) is 1. The molecule has 2 aromatic rings. The van der Waals surface area contributed by atoms with Crippen LogP contribution in [0.4, 0.5) is 0 Å². The minimum Gasteiger partial charge on any atom is -0.497 e. The molecule has 0 heterocycles. The number of carbonyl (C=O) groups is 1. The van der Waals surface area contributed by atoms with Gasteiger partial charge in [0.15, 0.2) is 5.78 Å². The summed E-state index contributed by atoms with van der Waals surface area (Å²) in [6, 6.07) is 16.3. The van der Waals surface area contributed by atoms with Crippen LogP contribution in [-0.2, 0) is 0 Å². The molecule has 2 rings (SSSR count). The monoisotopic (exact) mass is 377 g/mol. The standard InChI is InChI=1S/C16H12INO2/c1-20-14-4-2-3-12(9-14)15(10-18)16(19)11-5-7-13(17)8-6-11/h2-9,15H,1H3. The van der Waals surface area contributed by atoms with Crippen LogP contribution < -0.4 is 4.74 Å². The molecule has 0 N–H and O–H groups in total. The highest BCUT2D eigenvalue weighted by Gasteiger charge is 2.22. The Morgan fingerprint density at radius 2 is 1.95 bits per heavy atom. The van der Waals surface area contributed by atoms with Crippen molar-refractivity contribution in [3.8, 4) is 11.8 Å². The van der Waals surface area contributed by atoms with E-state index in [1.54, 1.807) is 43.5 Å². The number of ketones is 1. The van der Waals surface area contributed by atoms with Gasteiger partial charge in [0.05, 0.1) is 13.2 Å². The number of ether oxygens (including phenoxy) is 1. The summed E-state index contributed by atoms with van der Waals surface area (Å²) in [6.07, 6.45) is 0. The van der Waals surface area contributed by atoms with Crippen LogP contribution in [-0.4, -0.2) is 12.9 Å². The zero-order valence-electron chi connectivity index (χ0n) is 10.8. The Labute approximate surface area is 131 Å². The number of Topliss-reactive ketones (excluding diaryl/α,β-unsaturated/α-hetero) is 1. The minimum atomic E-state index is -0.815. The molecule has 0 saturated heterocycles. The number of halogens is 1. The fourth-order valence-electron chi connectivity index (χ4n) is 1.89. The van der Waals surface area contributed by atoms with Crippen LogP contribution in [0.3, 0.4) is 0 Å². The van der Waals surface area contributed by atoms with Gasteiger partial charge in [-0.05, 0) is 52.4 Å². The third kappa shape index (κ3) is 3.17. The van der Waals surface area contributed by atoms with E-state index >= 15 is 0 Å². The Hall–Kier alpha value is -1.87. The molecule has 20 heavy (non-hydrogen) atoms. The first kappa shape index (κ1) is 14.5. The van der Waals surface area contributed by atoms with E-state index in [4.69, 9.17) is 4.74 Å². The summed E-state index contributed by atoms with van der Waals surface area (Å²) in [6.45, 7) is 0. The highest BCUT2D eigenvalue weighted by molar-refractivity contribution is 14.1. The second-order valence-corrected chi connectivity index (χ2v) is 5.46. The fourth-order valence-corrected chi connectivity index (χ4v) is 2.25. The van der Waals surface area contributed by atoms with E-state index in [1.807, 2.05) is 12.1 Å². The molecular weight excluding hydrogens is 365 g/mol. The Morgan fingerprint density at radius 3 is 2.55 bits per heavy atom. The molecule has 3 nitrogen and oxygen atoms in total. The third-order valence-corrected chi connectivity index (χ3v) is 3.67. The average Bonchev–Trinajstić information content (AvgIpc) is 2.49. The van der Waals surface area contributed by atoms with Crippen molar-refractivity contribution in [2.24, 2.45) is 0 Å². The van der Waals surface area contributed by atoms with Crippen LogP contribution in [0.25, 0.3) is 0 Å². The molecule has 0 bridgehead atoms. The first-order chi connectivity index (χ1) is 9.65. The van der Waals surface area contributed by atoms with Crippen molar-refractivity contribution in [1.29, 1.82) is 5.26 Å². The van der Waals surface area contributed by atoms with Gasteiger partial charge in [0.1, 0.15) is 11.7 Å². The van der Waals surface area contributed by atoms with Crippen LogP contribution in [0.1, 0.15) is 21.8 Å². The van der Waals surface area contributed by atoms with E-state index in [0.29, 0.717) is 16.9 Å². The van der Waals surface area contributed by atoms with E-state index in [-0.39, 0.29) is 5.78 Å². The van der Waals surface area contributed by atoms with Crippen molar-refractivity contribution >= 4 is 28.4 Å². The van der Waals surface area contributed by atoms with Gasteiger partial charge in [-0.25, -0.2) is 0 Å². The molecule has 0 amide bonds. The first-order valence-electron chi connectivity index (χ1n) is 5.99. The van der Waals surface area contributed by atoms with Gasteiger partial charge >= 0.3 is 0 Å². The first-order valence-corrected chi connectivity index (χ1v) is 7.07. The third-order valence-electron chi connectivity index (χ3n) is 2.95. The van der Waals surface area contributed by atoms with Gasteiger partial charge in [-0.15, -0.1) is 0 Å². The van der Waals surface area contributed by atoms with Crippen molar-refractivity contribution in [1.82, 2.24) is 0 Å². The molecule has 0 radical (unpaired) electrons. The topological polar surface area (TPSA) is 50.1 Å². The van der Waals surface area contributed by atoms with Crippen molar-refractivity contribution in [3.63, 3.8) is 0 Å². The fraction of sp³-hybridized carbons (Fsp3) is 0.125. The Bertz CT molecular complexity index is 659. The lowest BCUT2D eigenvalue weighted by atomic mass is 9.92. The van der Waals surface area contributed by atoms with Gasteiger partial charge in [-0.3, -0.25) is 4.79 Å². The predicted molar refractivity (Wildman–Crippen MR) is 84.8 cm³/mol. The molecule has 0 aliphatic heterocycles. The second-order valence-electron chi connectivity index (χ2n) is 4.21. The molecule has 100 valence electrons. The Morgan fingerprint density at radius 1 is 1.25 bits per heavy atom. The zero-order chi connectivity index (χ0) is 14.5. The lowest BCUT2D eigenvalue weighted by Gasteiger charge is -2.10. The van der Waals surface area contributed by atoms with Gasteiger partial charge in [-0.2, -0.15) is 5.26 Å². The van der Waals surface area contributed by atoms with Crippen LogP contribution in [0.15, 0.2) is 48.5 Å². The van der Waals surface area contributed by atoms with Gasteiger partial charge in [-0.1, -0.05) is 24.3 Å². The van der Waals surface area contributed by atoms with Crippen molar-refractivity contribution < 1.29 is 9.53 Å². The maximum absolute atomic E-state index is 12.4. The Balaban J connectivity index is 2.34. The number of hydrogen-bond acceptors (Lipinski definition) is 3. The number of benzene rings is 2. The van der Waals surface area contributed by atoms with E-state index in [9.17, 15) is 10.1 Å². The van der Waals surface area contributed by atoms with Crippen molar-refractivity contribution in [2.45, 2.75) is 5.92 Å². The maximum Gasteiger partial charge on any atom is 0.184 e. The van der Waals surface area contributed by atoms with Gasteiger partial charge in [0.25, 0.3) is 0 Å². The summed E-state index contributed by atoms with van der Waals surface area (Å²) in [7, 11) is 1.56. The van der Waals surface area contributed by atoms with Crippen LogP contribution in [0.2, 0.25) is 0 Å². The highest BCUT2D eigenvalue weighted by Crippen LogP contribution is 2.24. The van der Waals surface area contributed by atoms with Gasteiger partial charge in [0.2, 0.25) is 0 Å². The van der Waals surface area contributed by atoms with Crippen LogP contribution in [0, 0.1) is 14.9 Å². The highest BCUT2D eigenvalue weighted by atomic mass is 127. The summed E-state index contributed by atoms with van der Waals surface area (Å²) >= 11 is 2.17. The molecule has 0 aliphatic rings. The molecule has 0 saturated carbocycles. The van der Waals surface area contributed by atoms with E-state index < -0.39 is 5.92 Å². The largest absolute Gasteiger partial charge is 0.497 e. The lowest BCUT2D eigenvalue weighted by molar-refractivity contribution is 0.0979. The van der Waals surface area contributed by atoms with Gasteiger partial charge in [0, 0.05) is 9.13 Å². The average molecular weight is 377 g/mol. The summed E-state index contributed by atoms with van der Waals surface area (Å²) < 4.78 is 6.18. The maximum atomic E-state index is 12.4. The Kier molecular flexibility index (Phi) is 4.74. The van der Waals surface area contributed by atoms with Crippen LogP contribution in [0.5, 0.6) is 5.75 Å². The number of carbonyl (C=O) groups excluding carboxylic acids is 1. The van der Waals surface area contributed by atoms with E-state index in [2.05, 4.69) is 28.7 Å². The number of nitriles is 1. The summed E-state index contributed by atoms with van der Waals surface area (Å²) in [4.78, 5) is 12.4. The molecule has 0 fully saturated rings. The molecule has 1 unspecified atom stereocenters. The smallest absolute Gasteiger partial charge is 0.184 e. The minimum absolute atomic E-state index is 0.197. The molecule has 2 aromatic carbocycles. The number of methoxy groups -OCH3 is 1. The zero-order valence-corrected chi connectivity index (χ0v) is 13.0. The predicted octanol–water partition coefficient (Wildman–Crippen LogP) is 3.79. The molecule has 4 heteroatoms. The summed E-state index contributed by atoms with van der Waals surface area (Å²) in [5, 5.41) is 9.32. The van der Waals surface area contributed by atoms with E-state index in [1.165, 1.54) is 0 Å². The second kappa shape index (κ2) is 6.53.